The van der Waals surface area contributed by atoms with Gasteiger partial charge >= 0.3 is 0 Å². The van der Waals surface area contributed by atoms with Gasteiger partial charge in [0.1, 0.15) is 23.0 Å². The number of hydrogen-bond donors (Lipinski definition) is 1. The monoisotopic (exact) mass is 338 g/mol. The van der Waals surface area contributed by atoms with Gasteiger partial charge in [0.05, 0.1) is 4.47 Å². The van der Waals surface area contributed by atoms with E-state index in [1.54, 1.807) is 6.07 Å². The molecular formula is C14H12BrFN2O2. The summed E-state index contributed by atoms with van der Waals surface area (Å²) in [6.45, 7) is 2.35. The number of carbonyl (C=O) groups excluding carboxylic acids is 1. The van der Waals surface area contributed by atoms with Crippen LogP contribution in [0.4, 0.5) is 4.39 Å². The van der Waals surface area contributed by atoms with E-state index in [2.05, 4.69) is 26.2 Å². The number of rotatable bonds is 4. The van der Waals surface area contributed by atoms with Crippen molar-refractivity contribution < 1.29 is 13.9 Å². The number of nitrogens with one attached hydrogen (secondary N) is 1. The zero-order valence-corrected chi connectivity index (χ0v) is 12.3. The molecule has 2 aromatic rings. The Bertz CT molecular complexity index is 634. The summed E-state index contributed by atoms with van der Waals surface area (Å²) in [7, 11) is 0. The van der Waals surface area contributed by atoms with Gasteiger partial charge in [0.15, 0.2) is 0 Å². The van der Waals surface area contributed by atoms with Crippen LogP contribution in [0.1, 0.15) is 17.4 Å². The number of pyridine rings is 1. The van der Waals surface area contributed by atoms with Crippen LogP contribution in [0.25, 0.3) is 0 Å². The quantitative estimate of drug-likeness (QED) is 0.927. The van der Waals surface area contributed by atoms with Gasteiger partial charge in [-0.2, -0.15) is 0 Å². The summed E-state index contributed by atoms with van der Waals surface area (Å²) in [4.78, 5) is 15.6. The van der Waals surface area contributed by atoms with Crippen molar-refractivity contribution in [3.05, 3.63) is 52.5 Å². The zero-order chi connectivity index (χ0) is 14.5. The molecule has 1 aromatic carbocycles. The van der Waals surface area contributed by atoms with Crippen LogP contribution in [-0.4, -0.2) is 17.4 Å². The molecule has 2 rings (SSSR count). The second-order valence-electron chi connectivity index (χ2n) is 3.91. The van der Waals surface area contributed by atoms with Crippen molar-refractivity contribution in [1.82, 2.24) is 10.3 Å². The van der Waals surface area contributed by atoms with E-state index in [1.165, 1.54) is 30.5 Å². The van der Waals surface area contributed by atoms with Crippen LogP contribution >= 0.6 is 15.9 Å². The molecule has 0 atom stereocenters. The number of benzene rings is 1. The molecule has 1 heterocycles. The molecule has 0 aliphatic heterocycles. The molecule has 4 nitrogen and oxygen atoms in total. The van der Waals surface area contributed by atoms with Crippen molar-refractivity contribution in [2.45, 2.75) is 6.92 Å². The Kier molecular flexibility index (Phi) is 4.68. The van der Waals surface area contributed by atoms with Crippen LogP contribution in [0.2, 0.25) is 0 Å². The van der Waals surface area contributed by atoms with Gasteiger partial charge in [0.25, 0.3) is 5.91 Å². The summed E-state index contributed by atoms with van der Waals surface area (Å²) >= 11 is 3.22. The van der Waals surface area contributed by atoms with Crippen molar-refractivity contribution in [1.29, 1.82) is 0 Å². The van der Waals surface area contributed by atoms with E-state index in [1.807, 2.05) is 6.92 Å². The topological polar surface area (TPSA) is 51.2 Å². The smallest absolute Gasteiger partial charge is 0.270 e. The number of ether oxygens (including phenoxy) is 1. The molecule has 0 unspecified atom stereocenters. The molecule has 1 N–H and O–H groups in total. The van der Waals surface area contributed by atoms with Crippen molar-refractivity contribution >= 4 is 21.8 Å². The van der Waals surface area contributed by atoms with Crippen LogP contribution in [0.15, 0.2) is 41.0 Å². The van der Waals surface area contributed by atoms with Gasteiger partial charge in [0.2, 0.25) is 0 Å². The lowest BCUT2D eigenvalue weighted by Crippen LogP contribution is -2.23. The molecule has 0 saturated heterocycles. The molecule has 0 radical (unpaired) electrons. The lowest BCUT2D eigenvalue weighted by molar-refractivity contribution is 0.0950. The maximum Gasteiger partial charge on any atom is 0.270 e. The van der Waals surface area contributed by atoms with Crippen molar-refractivity contribution in [2.24, 2.45) is 0 Å². The fourth-order valence-electron chi connectivity index (χ4n) is 1.53. The summed E-state index contributed by atoms with van der Waals surface area (Å²) in [6.07, 6.45) is 1.48. The van der Waals surface area contributed by atoms with E-state index in [0.717, 1.165) is 0 Å². The molecule has 1 amide bonds. The van der Waals surface area contributed by atoms with E-state index in [9.17, 15) is 9.18 Å². The Labute approximate surface area is 124 Å². The van der Waals surface area contributed by atoms with Gasteiger partial charge in [0, 0.05) is 18.8 Å². The minimum Gasteiger partial charge on any atom is -0.456 e. The lowest BCUT2D eigenvalue weighted by Gasteiger charge is -2.08. The normalized spacial score (nSPS) is 10.2. The molecule has 0 bridgehead atoms. The van der Waals surface area contributed by atoms with Gasteiger partial charge in [-0.15, -0.1) is 0 Å². The number of nitrogens with zero attached hydrogens (tertiary/aromatic N) is 1. The number of amides is 1. The number of halogens is 2. The maximum atomic E-state index is 13.0. The number of carbonyl (C=O) groups is 1. The summed E-state index contributed by atoms with van der Waals surface area (Å²) < 4.78 is 19.1. The maximum absolute atomic E-state index is 13.0. The largest absolute Gasteiger partial charge is 0.456 e. The second-order valence-corrected chi connectivity index (χ2v) is 4.77. The average molecular weight is 339 g/mol. The average Bonchev–Trinajstić information content (AvgIpc) is 2.43. The van der Waals surface area contributed by atoms with E-state index in [-0.39, 0.29) is 17.4 Å². The van der Waals surface area contributed by atoms with Crippen molar-refractivity contribution in [3.63, 3.8) is 0 Å². The first-order chi connectivity index (χ1) is 9.60. The first-order valence-electron chi connectivity index (χ1n) is 5.97. The Morgan fingerprint density at radius 1 is 1.40 bits per heavy atom. The molecule has 0 spiro atoms. The molecule has 0 aliphatic carbocycles. The van der Waals surface area contributed by atoms with Crippen LogP contribution in [0.3, 0.4) is 0 Å². The Morgan fingerprint density at radius 3 is 2.90 bits per heavy atom. The molecule has 0 saturated carbocycles. The molecule has 104 valence electrons. The van der Waals surface area contributed by atoms with Gasteiger partial charge in [-0.3, -0.25) is 9.78 Å². The van der Waals surface area contributed by atoms with Gasteiger partial charge < -0.3 is 10.1 Å². The molecule has 1 aromatic heterocycles. The van der Waals surface area contributed by atoms with Gasteiger partial charge in [-0.25, -0.2) is 4.39 Å². The highest BCUT2D eigenvalue weighted by Gasteiger charge is 2.09. The third kappa shape index (κ3) is 3.54. The highest BCUT2D eigenvalue weighted by molar-refractivity contribution is 9.10. The summed E-state index contributed by atoms with van der Waals surface area (Å²) in [5.74, 6) is 0.283. The van der Waals surface area contributed by atoms with E-state index >= 15 is 0 Å². The Hall–Kier alpha value is -1.95. The standard InChI is InChI=1S/C14H12BrFN2O2/c1-2-17-14(19)12-8-10(5-6-18-12)20-13-4-3-9(16)7-11(13)15/h3-8H,2H2,1H3,(H,17,19). The van der Waals surface area contributed by atoms with Gasteiger partial charge in [-0.05, 0) is 47.1 Å². The Morgan fingerprint density at radius 2 is 2.20 bits per heavy atom. The van der Waals surface area contributed by atoms with Crippen molar-refractivity contribution in [3.8, 4) is 11.5 Å². The molecule has 20 heavy (non-hydrogen) atoms. The number of aromatic nitrogens is 1. The first-order valence-corrected chi connectivity index (χ1v) is 6.76. The second kappa shape index (κ2) is 6.47. The fraction of sp³-hybridized carbons (Fsp3) is 0.143. The fourth-order valence-corrected chi connectivity index (χ4v) is 1.97. The predicted molar refractivity (Wildman–Crippen MR) is 76.4 cm³/mol. The van der Waals surface area contributed by atoms with Crippen LogP contribution < -0.4 is 10.1 Å². The first kappa shape index (κ1) is 14.5. The molecule has 0 fully saturated rings. The molecular weight excluding hydrogens is 327 g/mol. The van der Waals surface area contributed by atoms with Crippen molar-refractivity contribution in [2.75, 3.05) is 6.54 Å². The van der Waals surface area contributed by atoms with E-state index in [0.29, 0.717) is 22.5 Å². The molecule has 0 aliphatic rings. The SMILES string of the molecule is CCNC(=O)c1cc(Oc2ccc(F)cc2Br)ccn1. The third-order valence-electron chi connectivity index (χ3n) is 2.42. The van der Waals surface area contributed by atoms with E-state index < -0.39 is 0 Å². The van der Waals surface area contributed by atoms with E-state index in [4.69, 9.17) is 4.74 Å². The lowest BCUT2D eigenvalue weighted by atomic mass is 10.3. The zero-order valence-electron chi connectivity index (χ0n) is 10.7. The predicted octanol–water partition coefficient (Wildman–Crippen LogP) is 3.53. The van der Waals surface area contributed by atoms with Gasteiger partial charge in [-0.1, -0.05) is 0 Å². The molecule has 6 heteroatoms. The minimum absolute atomic E-state index is 0.266. The highest BCUT2D eigenvalue weighted by Crippen LogP contribution is 2.30. The van der Waals surface area contributed by atoms with Crippen LogP contribution in [0.5, 0.6) is 11.5 Å². The Balaban J connectivity index is 2.21. The third-order valence-corrected chi connectivity index (χ3v) is 3.04. The summed E-state index contributed by atoms with van der Waals surface area (Å²) in [6, 6.07) is 7.26. The number of hydrogen-bond acceptors (Lipinski definition) is 3. The summed E-state index contributed by atoms with van der Waals surface area (Å²) in [5, 5.41) is 2.66. The van der Waals surface area contributed by atoms with Crippen LogP contribution in [0, 0.1) is 5.82 Å². The van der Waals surface area contributed by atoms with Crippen LogP contribution in [-0.2, 0) is 0 Å². The minimum atomic E-state index is -0.359. The highest BCUT2D eigenvalue weighted by atomic mass is 79.9. The summed E-state index contributed by atoms with van der Waals surface area (Å²) in [5.41, 5.74) is 0.266.